The van der Waals surface area contributed by atoms with E-state index in [-0.39, 0.29) is 49.5 Å². The van der Waals surface area contributed by atoms with Crippen molar-refractivity contribution in [1.82, 2.24) is 9.97 Å². The van der Waals surface area contributed by atoms with Crippen molar-refractivity contribution < 1.29 is 19.8 Å². The molecule has 6 heteroatoms. The number of ketones is 2. The first-order valence-corrected chi connectivity index (χ1v) is 23.8. The van der Waals surface area contributed by atoms with Crippen molar-refractivity contribution in [1.29, 1.82) is 0 Å². The van der Waals surface area contributed by atoms with Crippen LogP contribution < -0.4 is 0 Å². The highest BCUT2D eigenvalue weighted by molar-refractivity contribution is 5.97. The predicted octanol–water partition coefficient (Wildman–Crippen LogP) is 14.8. The fourth-order valence-corrected chi connectivity index (χ4v) is 9.10. The van der Waals surface area contributed by atoms with Gasteiger partial charge in [0, 0.05) is 35.2 Å². The van der Waals surface area contributed by atoms with E-state index in [1.165, 1.54) is 18.5 Å². The van der Waals surface area contributed by atoms with E-state index in [0.717, 1.165) is 68.7 Å². The Balaban J connectivity index is 1.39. The monoisotopic (exact) mass is 861 g/mol. The predicted molar refractivity (Wildman–Crippen MR) is 264 cm³/mol. The molecule has 2 aromatic carbocycles. The van der Waals surface area contributed by atoms with E-state index < -0.39 is 0 Å². The summed E-state index contributed by atoms with van der Waals surface area (Å²) >= 11 is 0. The summed E-state index contributed by atoms with van der Waals surface area (Å²) in [6.07, 6.45) is 5.89. The number of aromatic hydroxyl groups is 2. The molecule has 63 heavy (non-hydrogen) atoms. The number of carbonyl (C=O) groups excluding carboxylic acids is 2. The lowest BCUT2D eigenvalue weighted by Gasteiger charge is -2.34. The lowest BCUT2D eigenvalue weighted by Crippen LogP contribution is -2.26. The van der Waals surface area contributed by atoms with Gasteiger partial charge in [-0.25, -0.2) is 0 Å². The van der Waals surface area contributed by atoms with Crippen LogP contribution in [0, 0.1) is 0 Å². The van der Waals surface area contributed by atoms with Gasteiger partial charge in [-0.2, -0.15) is 0 Å². The van der Waals surface area contributed by atoms with Gasteiger partial charge in [-0.1, -0.05) is 156 Å². The molecule has 5 rings (SSSR count). The van der Waals surface area contributed by atoms with Crippen LogP contribution in [-0.4, -0.2) is 31.7 Å². The van der Waals surface area contributed by atoms with Gasteiger partial charge in [0.1, 0.15) is 11.5 Å². The first-order valence-electron chi connectivity index (χ1n) is 23.8. The number of phenolic OH excluding ortho intramolecular Hbond substituents is 2. The lowest BCUT2D eigenvalue weighted by molar-refractivity contribution is 0.0968. The number of rotatable bonds is 14. The van der Waals surface area contributed by atoms with Crippen LogP contribution in [0.1, 0.15) is 253 Å². The third-order valence-electron chi connectivity index (χ3n) is 13.7. The average molecular weight is 861 g/mol. The Morgan fingerprint density at radius 1 is 0.476 bits per heavy atom. The van der Waals surface area contributed by atoms with Crippen LogP contribution >= 0.6 is 0 Å². The number of nitrogens with one attached hydrogen (secondary N) is 2. The number of aromatic amines is 2. The Morgan fingerprint density at radius 2 is 0.825 bits per heavy atom. The minimum Gasteiger partial charge on any atom is -0.507 e. The topological polar surface area (TPSA) is 106 Å². The summed E-state index contributed by atoms with van der Waals surface area (Å²) in [4.78, 5) is 35.4. The number of H-pyrrole nitrogens is 2. The minimum absolute atomic E-state index is 0.0918. The maximum atomic E-state index is 14.3. The number of aromatic nitrogens is 2. The standard InChI is InChI=1S/C57H84N2O4/c1-51(2,3)37-32-43(36-22-23-36)58-47(37)44(60)24-21-35-30-41(55(13,14)15)50(63)42(31-35)56(16,17)26-27-57(18,19)46-33-38(52(4,5)6)48(59-46)45(61)25-20-34-28-39(53(7,8)9)49(62)40(29-34)54(10,11)12/h28-33,36,58-59,62-63H,20-27H2,1-19H3. The van der Waals surface area contributed by atoms with Crippen molar-refractivity contribution in [2.24, 2.45) is 0 Å². The van der Waals surface area contributed by atoms with Crippen molar-refractivity contribution in [2.75, 3.05) is 0 Å². The molecule has 1 saturated carbocycles. The summed E-state index contributed by atoms with van der Waals surface area (Å²) in [5.74, 6) is 1.48. The van der Waals surface area contributed by atoms with Crippen LogP contribution in [0.2, 0.25) is 0 Å². The second-order valence-electron chi connectivity index (χ2n) is 25.7. The Hall–Kier alpha value is -4.06. The molecule has 6 nitrogen and oxygen atoms in total. The van der Waals surface area contributed by atoms with Gasteiger partial charge in [-0.15, -0.1) is 0 Å². The van der Waals surface area contributed by atoms with Gasteiger partial charge in [0.25, 0.3) is 0 Å². The fourth-order valence-electron chi connectivity index (χ4n) is 9.10. The molecule has 0 radical (unpaired) electrons. The number of aryl methyl sites for hydroxylation is 2. The Kier molecular flexibility index (Phi) is 13.5. The van der Waals surface area contributed by atoms with Crippen LogP contribution in [-0.2, 0) is 50.7 Å². The van der Waals surface area contributed by atoms with Gasteiger partial charge in [-0.3, -0.25) is 9.59 Å². The van der Waals surface area contributed by atoms with Crippen LogP contribution in [0.5, 0.6) is 11.5 Å². The first-order chi connectivity index (χ1) is 28.5. The average Bonchev–Trinajstić information content (AvgIpc) is 3.68. The Morgan fingerprint density at radius 3 is 1.22 bits per heavy atom. The number of hydrogen-bond acceptors (Lipinski definition) is 4. The quantitative estimate of drug-likeness (QED) is 0.0948. The molecule has 0 spiro atoms. The second-order valence-corrected chi connectivity index (χ2v) is 25.7. The fraction of sp³-hybridized carbons (Fsp3) is 0.614. The lowest BCUT2D eigenvalue weighted by atomic mass is 9.71. The molecule has 0 saturated heterocycles. The third kappa shape index (κ3) is 11.4. The molecule has 1 aliphatic carbocycles. The Labute approximate surface area is 381 Å². The van der Waals surface area contributed by atoms with Gasteiger partial charge in [0.05, 0.1) is 11.4 Å². The van der Waals surface area contributed by atoms with E-state index >= 15 is 0 Å². The molecule has 2 heterocycles. The maximum Gasteiger partial charge on any atom is 0.179 e. The third-order valence-corrected chi connectivity index (χ3v) is 13.7. The van der Waals surface area contributed by atoms with E-state index in [9.17, 15) is 19.8 Å². The summed E-state index contributed by atoms with van der Waals surface area (Å²) < 4.78 is 0. The largest absolute Gasteiger partial charge is 0.507 e. The molecule has 0 atom stereocenters. The molecule has 0 aliphatic heterocycles. The van der Waals surface area contributed by atoms with Crippen molar-refractivity contribution in [3.63, 3.8) is 0 Å². The van der Waals surface area contributed by atoms with E-state index in [2.05, 4.69) is 178 Å². The highest BCUT2D eigenvalue weighted by Gasteiger charge is 2.36. The highest BCUT2D eigenvalue weighted by atomic mass is 16.3. The molecule has 0 amide bonds. The first kappa shape index (κ1) is 49.9. The summed E-state index contributed by atoms with van der Waals surface area (Å²) in [5.41, 5.74) is 9.72. The Bertz CT molecular complexity index is 2290. The normalized spacial score (nSPS) is 14.7. The molecule has 0 bridgehead atoms. The van der Waals surface area contributed by atoms with Gasteiger partial charge in [0.2, 0.25) is 0 Å². The van der Waals surface area contributed by atoms with Crippen LogP contribution in [0.4, 0.5) is 0 Å². The minimum atomic E-state index is -0.389. The zero-order valence-electron chi connectivity index (χ0n) is 42.9. The van der Waals surface area contributed by atoms with Crippen LogP contribution in [0.15, 0.2) is 36.4 Å². The van der Waals surface area contributed by atoms with Crippen molar-refractivity contribution in [2.45, 2.75) is 227 Å². The summed E-state index contributed by atoms with van der Waals surface area (Å²) in [5, 5.41) is 23.3. The number of hydrogen-bond donors (Lipinski definition) is 4. The molecule has 2 aromatic heterocycles. The zero-order valence-corrected chi connectivity index (χ0v) is 42.9. The van der Waals surface area contributed by atoms with E-state index in [0.29, 0.717) is 48.8 Å². The zero-order chi connectivity index (χ0) is 47.6. The molecule has 1 aliphatic rings. The summed E-state index contributed by atoms with van der Waals surface area (Å²) in [7, 11) is 0. The number of phenols is 2. The van der Waals surface area contributed by atoms with Gasteiger partial charge in [0.15, 0.2) is 11.6 Å². The van der Waals surface area contributed by atoms with E-state index in [4.69, 9.17) is 0 Å². The van der Waals surface area contributed by atoms with Gasteiger partial charge < -0.3 is 20.2 Å². The summed E-state index contributed by atoms with van der Waals surface area (Å²) in [6, 6.07) is 12.9. The van der Waals surface area contributed by atoms with Crippen molar-refractivity contribution in [3.05, 3.63) is 104 Å². The van der Waals surface area contributed by atoms with Gasteiger partial charge in [-0.05, 0) is 128 Å². The van der Waals surface area contributed by atoms with Crippen LogP contribution in [0.25, 0.3) is 0 Å². The second kappa shape index (κ2) is 17.1. The SMILES string of the molecule is CC(C)(C)c1cc(C2CC2)[nH]c1C(=O)CCc1cc(C(C)(C)C)c(O)c(C(C)(C)CCC(C)(C)c2cc(C(C)(C)C)c(C(=O)CCc3cc(C(C)(C)C)c(O)c(C(C)(C)C)c3)[nH]2)c1. The van der Waals surface area contributed by atoms with E-state index in [1.807, 2.05) is 0 Å². The van der Waals surface area contributed by atoms with E-state index in [1.54, 1.807) is 0 Å². The van der Waals surface area contributed by atoms with Crippen molar-refractivity contribution >= 4 is 11.6 Å². The number of Topliss-reactive ketones (excluding diaryl/α,β-unsaturated/α-hetero) is 2. The molecule has 0 unspecified atom stereocenters. The molecule has 4 aromatic rings. The number of carbonyl (C=O) groups is 2. The smallest absolute Gasteiger partial charge is 0.179 e. The molecular weight excluding hydrogens is 777 g/mol. The van der Waals surface area contributed by atoms with Gasteiger partial charge >= 0.3 is 0 Å². The number of benzene rings is 2. The summed E-state index contributed by atoms with van der Waals surface area (Å²) in [6.45, 7) is 41.1. The van der Waals surface area contributed by atoms with Crippen LogP contribution in [0.3, 0.4) is 0 Å². The maximum absolute atomic E-state index is 14.3. The highest BCUT2D eigenvalue weighted by Crippen LogP contribution is 2.46. The molecule has 1 fully saturated rings. The van der Waals surface area contributed by atoms with Crippen molar-refractivity contribution in [3.8, 4) is 11.5 Å². The molecule has 346 valence electrons. The molecule has 4 N–H and O–H groups in total. The molecular formula is C57H84N2O4.